The van der Waals surface area contributed by atoms with Crippen LogP contribution in [-0.2, 0) is 0 Å². The van der Waals surface area contributed by atoms with Crippen LogP contribution in [0.3, 0.4) is 0 Å². The van der Waals surface area contributed by atoms with Gasteiger partial charge in [0.05, 0.1) is 12.1 Å². The van der Waals surface area contributed by atoms with Crippen LogP contribution in [0.15, 0.2) is 24.3 Å². The van der Waals surface area contributed by atoms with E-state index in [-0.39, 0.29) is 24.4 Å². The number of nitrogens with zero attached hydrogens (tertiary/aromatic N) is 5. The van der Waals surface area contributed by atoms with Crippen molar-refractivity contribution in [3.05, 3.63) is 30.1 Å². The molecule has 1 saturated heterocycles. The zero-order valence-corrected chi connectivity index (χ0v) is 13.2. The summed E-state index contributed by atoms with van der Waals surface area (Å²) >= 11 is 0. The van der Waals surface area contributed by atoms with Crippen LogP contribution in [0.2, 0.25) is 0 Å². The molecule has 2 heterocycles. The number of aliphatic hydroxyl groups is 1. The van der Waals surface area contributed by atoms with E-state index in [2.05, 4.69) is 27.0 Å². The number of piperazine rings is 1. The first kappa shape index (κ1) is 15.8. The summed E-state index contributed by atoms with van der Waals surface area (Å²) in [5.74, 6) is -0.0358. The Labute approximate surface area is 134 Å². The van der Waals surface area contributed by atoms with E-state index in [1.165, 1.54) is 0 Å². The first-order chi connectivity index (χ1) is 11.2. The van der Waals surface area contributed by atoms with Crippen LogP contribution in [0.1, 0.15) is 24.0 Å². The third-order valence-corrected chi connectivity index (χ3v) is 4.35. The topological polar surface area (TPSA) is 82.5 Å². The number of para-hydroxylation sites is 1. The van der Waals surface area contributed by atoms with E-state index in [1.807, 2.05) is 24.3 Å². The lowest BCUT2D eigenvalue weighted by Gasteiger charge is -2.38. The van der Waals surface area contributed by atoms with Gasteiger partial charge in [-0.1, -0.05) is 19.1 Å². The Morgan fingerprint density at radius 3 is 2.52 bits per heavy atom. The third kappa shape index (κ3) is 3.30. The highest BCUT2D eigenvalue weighted by atomic mass is 16.3. The van der Waals surface area contributed by atoms with Crippen molar-refractivity contribution in [3.8, 4) is 0 Å². The summed E-state index contributed by atoms with van der Waals surface area (Å²) in [6.07, 6.45) is 0.905. The van der Waals surface area contributed by atoms with Crippen LogP contribution >= 0.6 is 0 Å². The molecule has 1 atom stereocenters. The van der Waals surface area contributed by atoms with Gasteiger partial charge in [-0.3, -0.25) is 9.69 Å². The van der Waals surface area contributed by atoms with Gasteiger partial charge in [0.2, 0.25) is 5.82 Å². The summed E-state index contributed by atoms with van der Waals surface area (Å²) in [5, 5.41) is 17.4. The maximum Gasteiger partial charge on any atom is 0.293 e. The molecule has 3 rings (SSSR count). The van der Waals surface area contributed by atoms with Crippen molar-refractivity contribution < 1.29 is 9.90 Å². The van der Waals surface area contributed by atoms with Crippen LogP contribution in [0.5, 0.6) is 0 Å². The number of amides is 1. The number of benzene rings is 1. The minimum absolute atomic E-state index is 0.145. The predicted octanol–water partition coefficient (Wildman–Crippen LogP) is 0.553. The lowest BCUT2D eigenvalue weighted by Crippen LogP contribution is -2.53. The van der Waals surface area contributed by atoms with Crippen molar-refractivity contribution >= 4 is 16.9 Å². The first-order valence-corrected chi connectivity index (χ1v) is 7.96. The zero-order valence-electron chi connectivity index (χ0n) is 13.2. The molecule has 7 heteroatoms. The van der Waals surface area contributed by atoms with Crippen molar-refractivity contribution in [1.82, 2.24) is 25.0 Å². The molecule has 1 aliphatic rings. The van der Waals surface area contributed by atoms with Crippen molar-refractivity contribution in [2.24, 2.45) is 0 Å². The highest BCUT2D eigenvalue weighted by Crippen LogP contribution is 2.12. The predicted molar refractivity (Wildman–Crippen MR) is 86.0 cm³/mol. The van der Waals surface area contributed by atoms with Crippen LogP contribution in [0.4, 0.5) is 0 Å². The molecular formula is C16H21N5O2. The van der Waals surface area contributed by atoms with Gasteiger partial charge in [0.25, 0.3) is 5.91 Å². The van der Waals surface area contributed by atoms with E-state index >= 15 is 0 Å². The zero-order chi connectivity index (χ0) is 16.2. The summed E-state index contributed by atoms with van der Waals surface area (Å²) in [5.41, 5.74) is 1.36. The number of hydrogen-bond donors (Lipinski definition) is 1. The number of rotatable bonds is 4. The Hall–Kier alpha value is -2.12. The molecule has 1 fully saturated rings. The number of fused-ring (bicyclic) bond motifs is 1. The molecule has 0 bridgehead atoms. The lowest BCUT2D eigenvalue weighted by atomic mass is 10.1. The summed E-state index contributed by atoms with van der Waals surface area (Å²) < 4.78 is 0. The van der Waals surface area contributed by atoms with Crippen LogP contribution in [0, 0.1) is 0 Å². The Morgan fingerprint density at radius 1 is 1.17 bits per heavy atom. The van der Waals surface area contributed by atoms with Crippen LogP contribution < -0.4 is 0 Å². The van der Waals surface area contributed by atoms with Crippen molar-refractivity contribution in [3.63, 3.8) is 0 Å². The standard InChI is InChI=1S/C16H21N5O2/c1-2-12(11-22)20-7-9-21(10-8-20)16(23)15-17-13-5-3-4-6-14(13)18-19-15/h3-6,12,22H,2,7-11H2,1H3. The Balaban J connectivity index is 1.69. The van der Waals surface area contributed by atoms with E-state index in [9.17, 15) is 9.90 Å². The molecule has 1 unspecified atom stereocenters. The van der Waals surface area contributed by atoms with Gasteiger partial charge in [-0.05, 0) is 18.6 Å². The van der Waals surface area contributed by atoms with E-state index in [4.69, 9.17) is 0 Å². The Bertz CT molecular complexity index is 681. The van der Waals surface area contributed by atoms with E-state index in [0.29, 0.717) is 24.1 Å². The van der Waals surface area contributed by atoms with Gasteiger partial charge in [-0.2, -0.15) is 0 Å². The van der Waals surface area contributed by atoms with Crippen LogP contribution in [-0.4, -0.2) is 74.8 Å². The fourth-order valence-electron chi connectivity index (χ4n) is 2.91. The van der Waals surface area contributed by atoms with Crippen molar-refractivity contribution in [1.29, 1.82) is 0 Å². The third-order valence-electron chi connectivity index (χ3n) is 4.35. The fourth-order valence-corrected chi connectivity index (χ4v) is 2.91. The minimum atomic E-state index is -0.181. The number of aliphatic hydroxyl groups excluding tert-OH is 1. The molecular weight excluding hydrogens is 294 g/mol. The molecule has 1 aliphatic heterocycles. The van der Waals surface area contributed by atoms with Gasteiger partial charge >= 0.3 is 0 Å². The molecule has 0 radical (unpaired) electrons. The van der Waals surface area contributed by atoms with Gasteiger partial charge < -0.3 is 10.0 Å². The maximum absolute atomic E-state index is 12.6. The fraction of sp³-hybridized carbons (Fsp3) is 0.500. The van der Waals surface area contributed by atoms with Crippen LogP contribution in [0.25, 0.3) is 11.0 Å². The summed E-state index contributed by atoms with van der Waals surface area (Å²) in [6, 6.07) is 7.55. The molecule has 0 saturated carbocycles. The van der Waals surface area contributed by atoms with E-state index < -0.39 is 0 Å². The smallest absolute Gasteiger partial charge is 0.293 e. The van der Waals surface area contributed by atoms with Crippen molar-refractivity contribution in [2.45, 2.75) is 19.4 Å². The summed E-state index contributed by atoms with van der Waals surface area (Å²) in [4.78, 5) is 20.9. The molecule has 1 N–H and O–H groups in total. The first-order valence-electron chi connectivity index (χ1n) is 7.96. The SMILES string of the molecule is CCC(CO)N1CCN(C(=O)c2nnc3ccccc3n2)CC1. The Morgan fingerprint density at radius 2 is 1.87 bits per heavy atom. The van der Waals surface area contributed by atoms with Gasteiger partial charge in [0, 0.05) is 32.2 Å². The largest absolute Gasteiger partial charge is 0.395 e. The molecule has 2 aromatic rings. The minimum Gasteiger partial charge on any atom is -0.395 e. The molecule has 23 heavy (non-hydrogen) atoms. The molecule has 1 aromatic heterocycles. The monoisotopic (exact) mass is 315 g/mol. The van der Waals surface area contributed by atoms with Gasteiger partial charge in [-0.25, -0.2) is 4.98 Å². The van der Waals surface area contributed by atoms with Gasteiger partial charge in [0.15, 0.2) is 0 Å². The Kier molecular flexibility index (Phi) is 4.78. The number of carbonyl (C=O) groups is 1. The van der Waals surface area contributed by atoms with Crippen molar-refractivity contribution in [2.75, 3.05) is 32.8 Å². The maximum atomic E-state index is 12.6. The molecule has 1 amide bonds. The number of carbonyl (C=O) groups excluding carboxylic acids is 1. The van der Waals surface area contributed by atoms with E-state index in [0.717, 1.165) is 19.5 Å². The summed E-state index contributed by atoms with van der Waals surface area (Å²) in [6.45, 7) is 4.96. The average Bonchev–Trinajstić information content (AvgIpc) is 2.62. The molecule has 0 aliphatic carbocycles. The van der Waals surface area contributed by atoms with Gasteiger partial charge in [-0.15, -0.1) is 10.2 Å². The molecule has 0 spiro atoms. The van der Waals surface area contributed by atoms with Gasteiger partial charge in [0.1, 0.15) is 5.52 Å². The second-order valence-corrected chi connectivity index (χ2v) is 5.70. The van der Waals surface area contributed by atoms with E-state index in [1.54, 1.807) is 4.90 Å². The summed E-state index contributed by atoms with van der Waals surface area (Å²) in [7, 11) is 0. The second kappa shape index (κ2) is 6.97. The number of hydrogen-bond acceptors (Lipinski definition) is 6. The molecule has 7 nitrogen and oxygen atoms in total. The average molecular weight is 315 g/mol. The number of aromatic nitrogens is 3. The highest BCUT2D eigenvalue weighted by Gasteiger charge is 2.27. The second-order valence-electron chi connectivity index (χ2n) is 5.70. The lowest BCUT2D eigenvalue weighted by molar-refractivity contribution is 0.0463. The normalized spacial score (nSPS) is 17.4. The molecule has 122 valence electrons. The highest BCUT2D eigenvalue weighted by molar-refractivity contribution is 5.92. The molecule has 1 aromatic carbocycles. The quantitative estimate of drug-likeness (QED) is 0.887.